The molecule has 1 heterocycles. The maximum atomic E-state index is 12.7. The number of carbonyl (C=O) groups is 1. The highest BCUT2D eigenvalue weighted by Crippen LogP contribution is 2.24. The second kappa shape index (κ2) is 9.43. The number of rotatable bonds is 7. The van der Waals surface area contributed by atoms with Crippen molar-refractivity contribution in [1.82, 2.24) is 9.62 Å². The van der Waals surface area contributed by atoms with Crippen molar-refractivity contribution in [3.63, 3.8) is 0 Å². The van der Waals surface area contributed by atoms with Crippen LogP contribution < -0.4 is 5.32 Å². The average Bonchev–Trinajstić information content (AvgIpc) is 2.60. The predicted molar refractivity (Wildman–Crippen MR) is 113 cm³/mol. The zero-order valence-electron chi connectivity index (χ0n) is 16.8. The Bertz CT molecular complexity index is 734. The number of hydrogen-bond donors (Lipinski definition) is 1. The molecule has 1 aliphatic rings. The maximum absolute atomic E-state index is 12.7. The Balaban J connectivity index is 1.80. The SMILES string of the molecule is Cc1ccccc1CS(=O)(=O)N1CCC(C(=O)NCCSC(C)(C)C)CC1. The molecule has 1 aliphatic heterocycles. The monoisotopic (exact) mass is 412 g/mol. The molecule has 2 rings (SSSR count). The molecule has 27 heavy (non-hydrogen) atoms. The van der Waals surface area contributed by atoms with Crippen LogP contribution in [0.3, 0.4) is 0 Å². The van der Waals surface area contributed by atoms with Crippen LogP contribution in [0, 0.1) is 12.8 Å². The number of nitrogens with zero attached hydrogens (tertiary/aromatic N) is 1. The van der Waals surface area contributed by atoms with E-state index in [-0.39, 0.29) is 22.3 Å². The number of nitrogens with one attached hydrogen (secondary N) is 1. The number of aryl methyl sites for hydroxylation is 1. The topological polar surface area (TPSA) is 66.5 Å². The number of thioether (sulfide) groups is 1. The Morgan fingerprint density at radius 2 is 1.85 bits per heavy atom. The standard InChI is InChI=1S/C20H32N2O3S2/c1-16-7-5-6-8-18(16)15-27(24,25)22-12-9-17(10-13-22)19(23)21-11-14-26-20(2,3)4/h5-8,17H,9-15H2,1-4H3,(H,21,23). The van der Waals surface area contributed by atoms with Gasteiger partial charge in [-0.3, -0.25) is 4.79 Å². The van der Waals surface area contributed by atoms with Gasteiger partial charge >= 0.3 is 0 Å². The molecular weight excluding hydrogens is 380 g/mol. The summed E-state index contributed by atoms with van der Waals surface area (Å²) in [6.45, 7) is 9.91. The van der Waals surface area contributed by atoms with Crippen molar-refractivity contribution in [1.29, 1.82) is 0 Å². The summed E-state index contributed by atoms with van der Waals surface area (Å²) in [5.74, 6) is 0.884. The largest absolute Gasteiger partial charge is 0.355 e. The zero-order chi connectivity index (χ0) is 20.1. The number of benzene rings is 1. The van der Waals surface area contributed by atoms with Gasteiger partial charge in [0.15, 0.2) is 0 Å². The zero-order valence-corrected chi connectivity index (χ0v) is 18.5. The summed E-state index contributed by atoms with van der Waals surface area (Å²) < 4.78 is 27.2. The molecule has 1 saturated heterocycles. The summed E-state index contributed by atoms with van der Waals surface area (Å²) in [5.41, 5.74) is 1.83. The van der Waals surface area contributed by atoms with E-state index in [1.807, 2.05) is 43.0 Å². The van der Waals surface area contributed by atoms with Gasteiger partial charge in [0, 0.05) is 36.1 Å². The van der Waals surface area contributed by atoms with Crippen LogP contribution in [0.4, 0.5) is 0 Å². The molecule has 0 radical (unpaired) electrons. The average molecular weight is 413 g/mol. The molecule has 152 valence electrons. The first-order chi connectivity index (χ1) is 12.6. The summed E-state index contributed by atoms with van der Waals surface area (Å²) >= 11 is 1.83. The molecule has 0 bridgehead atoms. The second-order valence-electron chi connectivity index (χ2n) is 8.11. The lowest BCUT2D eigenvalue weighted by atomic mass is 9.97. The Hall–Kier alpha value is -1.05. The fourth-order valence-corrected chi connectivity index (χ4v) is 5.61. The van der Waals surface area contributed by atoms with Gasteiger partial charge in [0.25, 0.3) is 0 Å². The third-order valence-corrected chi connectivity index (χ3v) is 7.86. The summed E-state index contributed by atoms with van der Waals surface area (Å²) in [6, 6.07) is 7.57. The predicted octanol–water partition coefficient (Wildman–Crippen LogP) is 3.18. The minimum Gasteiger partial charge on any atom is -0.355 e. The molecule has 1 amide bonds. The summed E-state index contributed by atoms with van der Waals surface area (Å²) in [5, 5.41) is 3.00. The van der Waals surface area contributed by atoms with Crippen LogP contribution in [0.15, 0.2) is 24.3 Å². The lowest BCUT2D eigenvalue weighted by Gasteiger charge is -2.30. The molecular formula is C20H32N2O3S2. The fraction of sp³-hybridized carbons (Fsp3) is 0.650. The van der Waals surface area contributed by atoms with Crippen LogP contribution in [0.2, 0.25) is 0 Å². The smallest absolute Gasteiger partial charge is 0.223 e. The number of sulfonamides is 1. The van der Waals surface area contributed by atoms with Crippen LogP contribution in [0.5, 0.6) is 0 Å². The van der Waals surface area contributed by atoms with Crippen molar-refractivity contribution in [2.45, 2.75) is 51.0 Å². The van der Waals surface area contributed by atoms with Gasteiger partial charge in [-0.1, -0.05) is 45.0 Å². The Kier molecular flexibility index (Phi) is 7.77. The molecule has 1 aromatic carbocycles. The Morgan fingerprint density at radius 3 is 2.44 bits per heavy atom. The van der Waals surface area contributed by atoms with E-state index in [1.165, 1.54) is 0 Å². The minimum absolute atomic E-state index is 0.0283. The highest BCUT2D eigenvalue weighted by Gasteiger charge is 2.31. The van der Waals surface area contributed by atoms with Crippen molar-refractivity contribution in [2.24, 2.45) is 5.92 Å². The summed E-state index contributed by atoms with van der Waals surface area (Å²) in [4.78, 5) is 12.3. The number of amides is 1. The lowest BCUT2D eigenvalue weighted by molar-refractivity contribution is -0.125. The van der Waals surface area contributed by atoms with E-state index in [4.69, 9.17) is 0 Å². The molecule has 0 unspecified atom stereocenters. The van der Waals surface area contributed by atoms with Crippen LogP contribution in [0.25, 0.3) is 0 Å². The van der Waals surface area contributed by atoms with Gasteiger partial charge < -0.3 is 5.32 Å². The van der Waals surface area contributed by atoms with E-state index in [9.17, 15) is 13.2 Å². The van der Waals surface area contributed by atoms with Crippen LogP contribution >= 0.6 is 11.8 Å². The first-order valence-corrected chi connectivity index (χ1v) is 12.1. The third-order valence-electron chi connectivity index (χ3n) is 4.75. The van der Waals surface area contributed by atoms with Gasteiger partial charge in [0.05, 0.1) is 5.75 Å². The third kappa shape index (κ3) is 7.12. The van der Waals surface area contributed by atoms with Crippen molar-refractivity contribution < 1.29 is 13.2 Å². The highest BCUT2D eigenvalue weighted by atomic mass is 32.2. The Morgan fingerprint density at radius 1 is 1.22 bits per heavy atom. The van der Waals surface area contributed by atoms with E-state index >= 15 is 0 Å². The van der Waals surface area contributed by atoms with E-state index < -0.39 is 10.0 Å². The second-order valence-corrected chi connectivity index (χ2v) is 12.0. The normalized spacial score (nSPS) is 17.0. The quantitative estimate of drug-likeness (QED) is 0.699. The molecule has 1 aromatic rings. The number of carbonyl (C=O) groups excluding carboxylic acids is 1. The summed E-state index contributed by atoms with van der Waals surface area (Å²) in [6.07, 6.45) is 1.18. The van der Waals surface area contributed by atoms with Crippen molar-refractivity contribution >= 4 is 27.7 Å². The van der Waals surface area contributed by atoms with Crippen molar-refractivity contribution in [3.05, 3.63) is 35.4 Å². The first-order valence-electron chi connectivity index (χ1n) is 9.52. The number of piperidine rings is 1. The van der Waals surface area contributed by atoms with Gasteiger partial charge in [-0.15, -0.1) is 0 Å². The van der Waals surface area contributed by atoms with Gasteiger partial charge in [0.1, 0.15) is 0 Å². The lowest BCUT2D eigenvalue weighted by Crippen LogP contribution is -2.43. The van der Waals surface area contributed by atoms with Gasteiger partial charge in [-0.2, -0.15) is 11.8 Å². The molecule has 5 nitrogen and oxygen atoms in total. The molecule has 0 atom stereocenters. The van der Waals surface area contributed by atoms with E-state index in [1.54, 1.807) is 4.31 Å². The van der Waals surface area contributed by atoms with Crippen molar-refractivity contribution in [2.75, 3.05) is 25.4 Å². The maximum Gasteiger partial charge on any atom is 0.223 e. The number of hydrogen-bond acceptors (Lipinski definition) is 4. The van der Waals surface area contributed by atoms with E-state index in [2.05, 4.69) is 26.1 Å². The molecule has 0 aliphatic carbocycles. The highest BCUT2D eigenvalue weighted by molar-refractivity contribution is 8.00. The van der Waals surface area contributed by atoms with Gasteiger partial charge in [-0.05, 0) is 30.9 Å². The van der Waals surface area contributed by atoms with Crippen LogP contribution in [-0.2, 0) is 20.6 Å². The minimum atomic E-state index is -3.35. The first kappa shape index (κ1) is 22.2. The molecule has 7 heteroatoms. The molecule has 0 aromatic heterocycles. The van der Waals surface area contributed by atoms with Gasteiger partial charge in [0.2, 0.25) is 15.9 Å². The fourth-order valence-electron chi connectivity index (χ4n) is 3.13. The molecule has 1 N–H and O–H groups in total. The van der Waals surface area contributed by atoms with E-state index in [0.29, 0.717) is 32.5 Å². The van der Waals surface area contributed by atoms with Crippen LogP contribution in [0.1, 0.15) is 44.7 Å². The molecule has 1 fully saturated rings. The van der Waals surface area contributed by atoms with Crippen molar-refractivity contribution in [3.8, 4) is 0 Å². The molecule has 0 spiro atoms. The molecule has 0 saturated carbocycles. The summed E-state index contributed by atoms with van der Waals surface area (Å²) in [7, 11) is -3.35. The van der Waals surface area contributed by atoms with Gasteiger partial charge in [-0.25, -0.2) is 12.7 Å². The van der Waals surface area contributed by atoms with Crippen LogP contribution in [-0.4, -0.2) is 48.8 Å². The van der Waals surface area contributed by atoms with E-state index in [0.717, 1.165) is 16.9 Å². The Labute approximate surface area is 168 Å².